The van der Waals surface area contributed by atoms with Gasteiger partial charge in [0, 0.05) is 18.4 Å². The maximum absolute atomic E-state index is 2.63. The van der Waals surface area contributed by atoms with Crippen molar-refractivity contribution in [3.05, 3.63) is 70.3 Å². The Morgan fingerprint density at radius 2 is 1.70 bits per heavy atom. The van der Waals surface area contributed by atoms with Gasteiger partial charge in [-0.2, -0.15) is 0 Å². The van der Waals surface area contributed by atoms with Crippen LogP contribution in [-0.4, -0.2) is 24.5 Å². The van der Waals surface area contributed by atoms with Crippen LogP contribution in [0.2, 0.25) is 0 Å². The molecule has 1 aliphatic carbocycles. The lowest BCUT2D eigenvalue weighted by molar-refractivity contribution is 0.167. The standard InChI is InChI=1S/C22H27N/c1-4-23-12-11-19-21(14-23)18-10-7-16(3)13-20(18)22(19)17-8-5-15(2)6-9-17/h5-10,13,19,21-22H,4,11-12,14H2,1-3H3/t19-,21-,22-/m0/s1. The first-order valence-electron chi connectivity index (χ1n) is 9.06. The number of likely N-dealkylation sites (tertiary alicyclic amines) is 1. The van der Waals surface area contributed by atoms with Gasteiger partial charge in [-0.1, -0.05) is 60.5 Å². The van der Waals surface area contributed by atoms with Crippen molar-refractivity contribution in [2.24, 2.45) is 5.92 Å². The fourth-order valence-corrected chi connectivity index (χ4v) is 4.79. The van der Waals surface area contributed by atoms with E-state index in [1.54, 1.807) is 11.1 Å². The quantitative estimate of drug-likeness (QED) is 0.765. The van der Waals surface area contributed by atoms with Crippen LogP contribution in [0.25, 0.3) is 0 Å². The Kier molecular flexibility index (Phi) is 3.77. The number of hydrogen-bond acceptors (Lipinski definition) is 1. The molecule has 2 aromatic rings. The SMILES string of the molecule is CCN1CC[C@@H]2[C@H](c3ccc(C)cc3)c3cc(C)ccc3[C@@H]2C1. The average molecular weight is 305 g/mol. The molecule has 1 heteroatoms. The Morgan fingerprint density at radius 1 is 0.957 bits per heavy atom. The van der Waals surface area contributed by atoms with Crippen LogP contribution in [0, 0.1) is 19.8 Å². The van der Waals surface area contributed by atoms with Gasteiger partial charge in [0.25, 0.3) is 0 Å². The molecule has 0 N–H and O–H groups in total. The van der Waals surface area contributed by atoms with Gasteiger partial charge in [0.1, 0.15) is 0 Å². The van der Waals surface area contributed by atoms with Crippen LogP contribution in [0.15, 0.2) is 42.5 Å². The molecular formula is C22H27N. The summed E-state index contributed by atoms with van der Waals surface area (Å²) in [7, 11) is 0. The number of benzene rings is 2. The lowest BCUT2D eigenvalue weighted by Gasteiger charge is -2.37. The van der Waals surface area contributed by atoms with E-state index < -0.39 is 0 Å². The molecule has 120 valence electrons. The molecule has 1 saturated heterocycles. The highest BCUT2D eigenvalue weighted by Crippen LogP contribution is 2.53. The molecule has 0 spiro atoms. The van der Waals surface area contributed by atoms with Crippen molar-refractivity contribution in [3.8, 4) is 0 Å². The van der Waals surface area contributed by atoms with Gasteiger partial charge in [-0.25, -0.2) is 0 Å². The number of piperidine rings is 1. The van der Waals surface area contributed by atoms with Gasteiger partial charge >= 0.3 is 0 Å². The van der Waals surface area contributed by atoms with Crippen molar-refractivity contribution < 1.29 is 0 Å². The molecule has 0 radical (unpaired) electrons. The van der Waals surface area contributed by atoms with E-state index in [0.717, 1.165) is 5.92 Å². The molecular weight excluding hydrogens is 278 g/mol. The van der Waals surface area contributed by atoms with Crippen LogP contribution < -0.4 is 0 Å². The van der Waals surface area contributed by atoms with Crippen LogP contribution in [-0.2, 0) is 0 Å². The zero-order valence-corrected chi connectivity index (χ0v) is 14.5. The molecule has 1 aliphatic heterocycles. The lowest BCUT2D eigenvalue weighted by atomic mass is 9.78. The molecule has 1 nitrogen and oxygen atoms in total. The highest BCUT2D eigenvalue weighted by atomic mass is 15.1. The van der Waals surface area contributed by atoms with E-state index in [-0.39, 0.29) is 0 Å². The Balaban J connectivity index is 1.80. The number of hydrogen-bond donors (Lipinski definition) is 0. The van der Waals surface area contributed by atoms with E-state index in [1.807, 2.05) is 0 Å². The van der Waals surface area contributed by atoms with E-state index in [1.165, 1.54) is 42.7 Å². The second-order valence-electron chi connectivity index (χ2n) is 7.47. The Morgan fingerprint density at radius 3 is 2.43 bits per heavy atom. The van der Waals surface area contributed by atoms with Gasteiger partial charge in [0.2, 0.25) is 0 Å². The van der Waals surface area contributed by atoms with Crippen molar-refractivity contribution >= 4 is 0 Å². The summed E-state index contributed by atoms with van der Waals surface area (Å²) in [6.45, 7) is 10.4. The first-order chi connectivity index (χ1) is 11.2. The van der Waals surface area contributed by atoms with Crippen LogP contribution in [0.3, 0.4) is 0 Å². The molecule has 1 fully saturated rings. The molecule has 3 atom stereocenters. The van der Waals surface area contributed by atoms with Crippen LogP contribution in [0.1, 0.15) is 53.0 Å². The zero-order chi connectivity index (χ0) is 16.0. The minimum Gasteiger partial charge on any atom is -0.303 e. The lowest BCUT2D eigenvalue weighted by Crippen LogP contribution is -2.38. The third kappa shape index (κ3) is 2.52. The summed E-state index contributed by atoms with van der Waals surface area (Å²) in [6.07, 6.45) is 1.32. The Labute approximate surface area is 140 Å². The average Bonchev–Trinajstić information content (AvgIpc) is 2.88. The summed E-state index contributed by atoms with van der Waals surface area (Å²) < 4.78 is 0. The van der Waals surface area contributed by atoms with Crippen molar-refractivity contribution in [1.82, 2.24) is 4.90 Å². The smallest absolute Gasteiger partial charge is 0.0127 e. The minimum atomic E-state index is 0.592. The van der Waals surface area contributed by atoms with Crippen molar-refractivity contribution in [2.75, 3.05) is 19.6 Å². The summed E-state index contributed by atoms with van der Waals surface area (Å²) in [4.78, 5) is 2.63. The van der Waals surface area contributed by atoms with E-state index >= 15 is 0 Å². The van der Waals surface area contributed by atoms with E-state index in [4.69, 9.17) is 0 Å². The molecule has 0 aromatic heterocycles. The van der Waals surface area contributed by atoms with E-state index in [2.05, 4.69) is 68.1 Å². The molecule has 4 rings (SSSR count). The number of nitrogens with zero attached hydrogens (tertiary/aromatic N) is 1. The molecule has 2 aliphatic rings. The molecule has 0 bridgehead atoms. The maximum atomic E-state index is 2.63. The second kappa shape index (κ2) is 5.79. The summed E-state index contributed by atoms with van der Waals surface area (Å²) in [5.74, 6) is 2.08. The summed E-state index contributed by atoms with van der Waals surface area (Å²) in [5.41, 5.74) is 7.48. The first-order valence-corrected chi connectivity index (χ1v) is 9.06. The Bertz CT molecular complexity index is 700. The summed E-state index contributed by atoms with van der Waals surface area (Å²) >= 11 is 0. The van der Waals surface area contributed by atoms with E-state index in [0.29, 0.717) is 11.8 Å². The number of likely N-dealkylation sites (N-methyl/N-ethyl adjacent to an activating group) is 1. The highest BCUT2D eigenvalue weighted by molar-refractivity contribution is 5.48. The Hall–Kier alpha value is -1.60. The molecule has 0 saturated carbocycles. The molecule has 0 amide bonds. The second-order valence-corrected chi connectivity index (χ2v) is 7.47. The normalized spacial score (nSPS) is 26.8. The van der Waals surface area contributed by atoms with Gasteiger partial charge in [0.05, 0.1) is 0 Å². The monoisotopic (exact) mass is 305 g/mol. The summed E-state index contributed by atoms with van der Waals surface area (Å²) in [6, 6.07) is 16.4. The molecule has 2 aromatic carbocycles. The van der Waals surface area contributed by atoms with Gasteiger partial charge < -0.3 is 4.90 Å². The zero-order valence-electron chi connectivity index (χ0n) is 14.5. The van der Waals surface area contributed by atoms with E-state index in [9.17, 15) is 0 Å². The van der Waals surface area contributed by atoms with Crippen molar-refractivity contribution in [3.63, 3.8) is 0 Å². The fraction of sp³-hybridized carbons (Fsp3) is 0.455. The molecule has 0 unspecified atom stereocenters. The molecule has 23 heavy (non-hydrogen) atoms. The first kappa shape index (κ1) is 15.0. The van der Waals surface area contributed by atoms with Crippen LogP contribution >= 0.6 is 0 Å². The fourth-order valence-electron chi connectivity index (χ4n) is 4.79. The van der Waals surface area contributed by atoms with Crippen LogP contribution in [0.4, 0.5) is 0 Å². The van der Waals surface area contributed by atoms with Crippen molar-refractivity contribution in [2.45, 2.75) is 39.0 Å². The molecule has 1 heterocycles. The number of rotatable bonds is 2. The topological polar surface area (TPSA) is 3.24 Å². The predicted molar refractivity (Wildman–Crippen MR) is 97.2 cm³/mol. The number of aryl methyl sites for hydroxylation is 2. The minimum absolute atomic E-state index is 0.592. The number of fused-ring (bicyclic) bond motifs is 3. The maximum Gasteiger partial charge on any atom is 0.0127 e. The van der Waals surface area contributed by atoms with Gasteiger partial charge in [-0.15, -0.1) is 0 Å². The summed E-state index contributed by atoms with van der Waals surface area (Å²) in [5, 5.41) is 0. The third-order valence-corrected chi connectivity index (χ3v) is 6.04. The van der Waals surface area contributed by atoms with Crippen LogP contribution in [0.5, 0.6) is 0 Å². The predicted octanol–water partition coefficient (Wildman–Crippen LogP) is 4.87. The third-order valence-electron chi connectivity index (χ3n) is 6.04. The highest BCUT2D eigenvalue weighted by Gasteiger charge is 2.43. The van der Waals surface area contributed by atoms with Crippen molar-refractivity contribution in [1.29, 1.82) is 0 Å². The van der Waals surface area contributed by atoms with Gasteiger partial charge in [-0.05, 0) is 56.0 Å². The van der Waals surface area contributed by atoms with Gasteiger partial charge in [0.15, 0.2) is 0 Å². The largest absolute Gasteiger partial charge is 0.303 e. The van der Waals surface area contributed by atoms with Gasteiger partial charge in [-0.3, -0.25) is 0 Å².